The largest absolute Gasteiger partial charge is 0.351 e. The molecule has 0 heterocycles. The van der Waals surface area contributed by atoms with E-state index < -0.39 is 0 Å². The van der Waals surface area contributed by atoms with Crippen molar-refractivity contribution in [2.45, 2.75) is 24.0 Å². The van der Waals surface area contributed by atoms with Gasteiger partial charge < -0.3 is 11.1 Å². The molecular formula is C16H20N2OS. The quantitative estimate of drug-likeness (QED) is 0.833. The summed E-state index contributed by atoms with van der Waals surface area (Å²) in [6, 6.07) is 7.40. The van der Waals surface area contributed by atoms with Gasteiger partial charge in [0, 0.05) is 16.9 Å². The van der Waals surface area contributed by atoms with Gasteiger partial charge in [-0.1, -0.05) is 30.4 Å². The smallest absolute Gasteiger partial charge is 0.252 e. The number of hydrogen-bond acceptors (Lipinski definition) is 3. The van der Waals surface area contributed by atoms with E-state index in [0.29, 0.717) is 12.1 Å². The number of carbonyl (C=O) groups is 1. The number of nitrogens with two attached hydrogens (primary N) is 1. The molecule has 1 aliphatic rings. The molecule has 0 spiro atoms. The van der Waals surface area contributed by atoms with Crippen LogP contribution in [0.25, 0.3) is 0 Å². The maximum atomic E-state index is 12.3. The van der Waals surface area contributed by atoms with E-state index in [1.165, 1.54) is 19.3 Å². The molecule has 0 saturated heterocycles. The molecule has 1 aliphatic carbocycles. The van der Waals surface area contributed by atoms with E-state index >= 15 is 0 Å². The van der Waals surface area contributed by atoms with Crippen molar-refractivity contribution in [3.05, 3.63) is 35.4 Å². The van der Waals surface area contributed by atoms with Gasteiger partial charge in [-0.15, -0.1) is 0 Å². The second-order valence-electron chi connectivity index (χ2n) is 4.97. The fourth-order valence-electron chi connectivity index (χ4n) is 2.30. The molecule has 1 saturated carbocycles. The zero-order valence-electron chi connectivity index (χ0n) is 11.7. The molecule has 3 nitrogen and oxygen atoms in total. The summed E-state index contributed by atoms with van der Waals surface area (Å²) in [5.74, 6) is 5.70. The third-order valence-electron chi connectivity index (χ3n) is 3.77. The van der Waals surface area contributed by atoms with E-state index in [4.69, 9.17) is 5.73 Å². The molecule has 0 aromatic heterocycles. The van der Waals surface area contributed by atoms with E-state index in [1.807, 2.05) is 36.0 Å². The predicted octanol–water partition coefficient (Wildman–Crippen LogP) is 2.01. The Morgan fingerprint density at radius 3 is 2.80 bits per heavy atom. The van der Waals surface area contributed by atoms with Gasteiger partial charge in [0.15, 0.2) is 0 Å². The minimum atomic E-state index is -0.0488. The average molecular weight is 288 g/mol. The van der Waals surface area contributed by atoms with Gasteiger partial charge in [-0.2, -0.15) is 11.8 Å². The van der Waals surface area contributed by atoms with Crippen LogP contribution in [0.3, 0.4) is 0 Å². The van der Waals surface area contributed by atoms with Crippen LogP contribution in [0.15, 0.2) is 24.3 Å². The fourth-order valence-corrected chi connectivity index (χ4v) is 3.21. The molecule has 2 rings (SSSR count). The molecule has 4 heteroatoms. The van der Waals surface area contributed by atoms with E-state index in [-0.39, 0.29) is 10.7 Å². The zero-order chi connectivity index (χ0) is 14.4. The molecule has 0 radical (unpaired) electrons. The lowest BCUT2D eigenvalue weighted by molar-refractivity contribution is 0.0943. The maximum absolute atomic E-state index is 12.3. The highest BCUT2D eigenvalue weighted by molar-refractivity contribution is 8.00. The predicted molar refractivity (Wildman–Crippen MR) is 84.8 cm³/mol. The lowest BCUT2D eigenvalue weighted by atomic mass is 9.84. The van der Waals surface area contributed by atoms with Gasteiger partial charge in [0.05, 0.1) is 12.1 Å². The fraction of sp³-hybridized carbons (Fsp3) is 0.438. The van der Waals surface area contributed by atoms with Crippen molar-refractivity contribution in [3.63, 3.8) is 0 Å². The molecule has 1 amide bonds. The van der Waals surface area contributed by atoms with Crippen LogP contribution in [-0.2, 0) is 0 Å². The van der Waals surface area contributed by atoms with Crippen LogP contribution < -0.4 is 11.1 Å². The van der Waals surface area contributed by atoms with Gasteiger partial charge >= 0.3 is 0 Å². The summed E-state index contributed by atoms with van der Waals surface area (Å²) < 4.78 is 0.244. The number of nitrogens with one attached hydrogen (secondary N) is 1. The summed E-state index contributed by atoms with van der Waals surface area (Å²) in [4.78, 5) is 12.3. The molecule has 1 aromatic carbocycles. The van der Waals surface area contributed by atoms with E-state index in [9.17, 15) is 4.79 Å². The van der Waals surface area contributed by atoms with Gasteiger partial charge in [-0.05, 0) is 31.2 Å². The number of hydrogen-bond donors (Lipinski definition) is 2. The van der Waals surface area contributed by atoms with Crippen molar-refractivity contribution in [1.29, 1.82) is 0 Å². The Morgan fingerprint density at radius 2 is 2.20 bits per heavy atom. The van der Waals surface area contributed by atoms with E-state index in [1.54, 1.807) is 0 Å². The van der Waals surface area contributed by atoms with Crippen LogP contribution in [0.1, 0.15) is 35.2 Å². The molecule has 3 N–H and O–H groups in total. The van der Waals surface area contributed by atoms with Crippen molar-refractivity contribution in [1.82, 2.24) is 5.32 Å². The van der Waals surface area contributed by atoms with Crippen LogP contribution in [0, 0.1) is 11.8 Å². The molecule has 0 unspecified atom stereocenters. The maximum Gasteiger partial charge on any atom is 0.252 e. The zero-order valence-corrected chi connectivity index (χ0v) is 12.6. The molecule has 20 heavy (non-hydrogen) atoms. The van der Waals surface area contributed by atoms with Gasteiger partial charge in [-0.25, -0.2) is 0 Å². The van der Waals surface area contributed by atoms with Crippen molar-refractivity contribution < 1.29 is 4.79 Å². The molecule has 0 bridgehead atoms. The highest BCUT2D eigenvalue weighted by Crippen LogP contribution is 2.42. The Kier molecular flexibility index (Phi) is 5.11. The molecular weight excluding hydrogens is 268 g/mol. The van der Waals surface area contributed by atoms with Crippen molar-refractivity contribution in [2.75, 3.05) is 19.3 Å². The second-order valence-corrected chi connectivity index (χ2v) is 6.25. The van der Waals surface area contributed by atoms with Crippen LogP contribution in [-0.4, -0.2) is 30.0 Å². The van der Waals surface area contributed by atoms with Crippen molar-refractivity contribution >= 4 is 17.7 Å². The van der Waals surface area contributed by atoms with Gasteiger partial charge in [-0.3, -0.25) is 4.79 Å². The van der Waals surface area contributed by atoms with Crippen LogP contribution in [0.2, 0.25) is 0 Å². The summed E-state index contributed by atoms with van der Waals surface area (Å²) in [5.41, 5.74) is 6.75. The third kappa shape index (κ3) is 3.36. The summed E-state index contributed by atoms with van der Waals surface area (Å²) in [6.07, 6.45) is 5.74. The van der Waals surface area contributed by atoms with Crippen molar-refractivity contribution in [2.24, 2.45) is 5.73 Å². The normalized spacial score (nSPS) is 15.7. The number of amides is 1. The van der Waals surface area contributed by atoms with Crippen LogP contribution in [0.4, 0.5) is 0 Å². The number of thioether (sulfide) groups is 1. The number of rotatable bonds is 4. The first kappa shape index (κ1) is 15.0. The Morgan fingerprint density at radius 1 is 1.45 bits per heavy atom. The molecule has 0 atom stereocenters. The standard InChI is InChI=1S/C16H20N2OS/c1-20-16(9-5-10-16)12-18-15(19)14-8-3-2-6-13(14)7-4-11-17/h2-3,6,8H,5,9-12,17H2,1H3,(H,18,19). The van der Waals surface area contributed by atoms with E-state index in [0.717, 1.165) is 12.1 Å². The summed E-state index contributed by atoms with van der Waals surface area (Å²) in [6.45, 7) is 1.02. The molecule has 106 valence electrons. The first-order valence-corrected chi connectivity index (χ1v) is 8.04. The second kappa shape index (κ2) is 6.83. The Balaban J connectivity index is 2.05. The minimum absolute atomic E-state index is 0.0488. The summed E-state index contributed by atoms with van der Waals surface area (Å²) >= 11 is 1.86. The topological polar surface area (TPSA) is 55.1 Å². The van der Waals surface area contributed by atoms with Gasteiger partial charge in [0.2, 0.25) is 0 Å². The molecule has 1 aromatic rings. The first-order valence-electron chi connectivity index (χ1n) is 6.82. The average Bonchev–Trinajstić information content (AvgIpc) is 2.44. The van der Waals surface area contributed by atoms with Crippen molar-refractivity contribution in [3.8, 4) is 11.8 Å². The summed E-state index contributed by atoms with van der Waals surface area (Å²) in [5, 5.41) is 3.05. The molecule has 0 aliphatic heterocycles. The third-order valence-corrected chi connectivity index (χ3v) is 5.18. The minimum Gasteiger partial charge on any atom is -0.351 e. The highest BCUT2D eigenvalue weighted by Gasteiger charge is 2.36. The van der Waals surface area contributed by atoms with Gasteiger partial charge in [0.1, 0.15) is 0 Å². The lowest BCUT2D eigenvalue weighted by Crippen LogP contribution is -2.45. The SMILES string of the molecule is CSC1(CNC(=O)c2ccccc2C#CCN)CCC1. The van der Waals surface area contributed by atoms with Crippen LogP contribution in [0.5, 0.6) is 0 Å². The summed E-state index contributed by atoms with van der Waals surface area (Å²) in [7, 11) is 0. The number of carbonyl (C=O) groups excluding carboxylic acids is 1. The van der Waals surface area contributed by atoms with E-state index in [2.05, 4.69) is 23.4 Å². The van der Waals surface area contributed by atoms with Crippen LogP contribution >= 0.6 is 11.8 Å². The number of benzene rings is 1. The molecule has 1 fully saturated rings. The van der Waals surface area contributed by atoms with Gasteiger partial charge in [0.25, 0.3) is 5.91 Å². The first-order chi connectivity index (χ1) is 9.71. The lowest BCUT2D eigenvalue weighted by Gasteiger charge is -2.40. The Hall–Kier alpha value is -1.44. The Bertz CT molecular complexity index is 535. The monoisotopic (exact) mass is 288 g/mol. The Labute approximate surface area is 124 Å². The highest BCUT2D eigenvalue weighted by atomic mass is 32.2.